The van der Waals surface area contributed by atoms with Crippen molar-refractivity contribution in [1.82, 2.24) is 14.9 Å². The van der Waals surface area contributed by atoms with Crippen LogP contribution < -0.4 is 4.90 Å². The number of morpholine rings is 1. The van der Waals surface area contributed by atoms with Crippen molar-refractivity contribution in [3.8, 4) is 0 Å². The Labute approximate surface area is 130 Å². The maximum absolute atomic E-state index is 5.65. The zero-order valence-corrected chi connectivity index (χ0v) is 13.1. The van der Waals surface area contributed by atoms with Gasteiger partial charge < -0.3 is 14.1 Å². The summed E-state index contributed by atoms with van der Waals surface area (Å²) < 4.78 is 10.8. The van der Waals surface area contributed by atoms with E-state index in [2.05, 4.69) is 21.7 Å². The molecule has 6 nitrogen and oxygen atoms in total. The van der Waals surface area contributed by atoms with Gasteiger partial charge in [0.2, 0.25) is 0 Å². The summed E-state index contributed by atoms with van der Waals surface area (Å²) in [6, 6.07) is 4.01. The summed E-state index contributed by atoms with van der Waals surface area (Å²) in [6.45, 7) is 6.07. The molecule has 0 saturated carbocycles. The van der Waals surface area contributed by atoms with E-state index in [-0.39, 0.29) is 6.04 Å². The predicted molar refractivity (Wildman–Crippen MR) is 83.7 cm³/mol. The average Bonchev–Trinajstić information content (AvgIpc) is 3.08. The second-order valence-electron chi connectivity index (χ2n) is 5.48. The first-order valence-electron chi connectivity index (χ1n) is 7.65. The van der Waals surface area contributed by atoms with Gasteiger partial charge in [-0.15, -0.1) is 0 Å². The van der Waals surface area contributed by atoms with Crippen LogP contribution in [0.25, 0.3) is 0 Å². The van der Waals surface area contributed by atoms with Crippen molar-refractivity contribution < 1.29 is 9.15 Å². The minimum atomic E-state index is 0.0776. The van der Waals surface area contributed by atoms with Gasteiger partial charge in [-0.2, -0.15) is 0 Å². The van der Waals surface area contributed by atoms with Crippen LogP contribution in [0.5, 0.6) is 0 Å². The first kappa shape index (κ1) is 15.0. The Kier molecular flexibility index (Phi) is 4.70. The van der Waals surface area contributed by atoms with E-state index in [4.69, 9.17) is 14.1 Å². The molecule has 0 radical (unpaired) electrons. The number of hydrogen-bond donors (Lipinski definition) is 0. The first-order valence-corrected chi connectivity index (χ1v) is 7.65. The molecule has 1 fully saturated rings. The zero-order chi connectivity index (χ0) is 15.4. The first-order chi connectivity index (χ1) is 10.8. The minimum absolute atomic E-state index is 0.0776. The van der Waals surface area contributed by atoms with Gasteiger partial charge in [0.1, 0.15) is 11.6 Å². The summed E-state index contributed by atoms with van der Waals surface area (Å²) in [5.41, 5.74) is 1.16. The standard InChI is InChI=1S/C16H22N4O2/c1-3-19(2)15-4-6-17-16(18-15)14-12-22-9-7-20(14)10-13-5-8-21-11-13/h4-6,8,11,14H,3,7,9-10,12H2,1-2H3. The van der Waals surface area contributed by atoms with E-state index in [1.807, 2.05) is 25.4 Å². The fourth-order valence-electron chi connectivity index (χ4n) is 2.58. The number of anilines is 1. The highest BCUT2D eigenvalue weighted by Gasteiger charge is 2.27. The molecule has 0 N–H and O–H groups in total. The van der Waals surface area contributed by atoms with E-state index in [0.717, 1.165) is 43.4 Å². The van der Waals surface area contributed by atoms with Gasteiger partial charge in [-0.1, -0.05) is 0 Å². The molecule has 3 rings (SSSR count). The Bertz CT molecular complexity index is 588. The Hall–Kier alpha value is -1.92. The normalized spacial score (nSPS) is 19.3. The molecule has 0 bridgehead atoms. The third-order valence-electron chi connectivity index (χ3n) is 4.03. The lowest BCUT2D eigenvalue weighted by Gasteiger charge is -2.34. The van der Waals surface area contributed by atoms with Crippen LogP contribution in [0.3, 0.4) is 0 Å². The summed E-state index contributed by atoms with van der Waals surface area (Å²) in [4.78, 5) is 13.6. The number of nitrogens with zero attached hydrogens (tertiary/aromatic N) is 4. The Morgan fingerprint density at radius 3 is 3.09 bits per heavy atom. The topological polar surface area (TPSA) is 54.6 Å². The van der Waals surface area contributed by atoms with Gasteiger partial charge >= 0.3 is 0 Å². The summed E-state index contributed by atoms with van der Waals surface area (Å²) >= 11 is 0. The van der Waals surface area contributed by atoms with Crippen molar-refractivity contribution >= 4 is 5.82 Å². The van der Waals surface area contributed by atoms with Gasteiger partial charge in [0.25, 0.3) is 0 Å². The van der Waals surface area contributed by atoms with Gasteiger partial charge in [-0.3, -0.25) is 4.90 Å². The zero-order valence-electron chi connectivity index (χ0n) is 13.1. The number of ether oxygens (including phenoxy) is 1. The number of furan rings is 1. The van der Waals surface area contributed by atoms with Crippen molar-refractivity contribution in [2.24, 2.45) is 0 Å². The molecule has 118 valence electrons. The van der Waals surface area contributed by atoms with Crippen molar-refractivity contribution in [1.29, 1.82) is 0 Å². The smallest absolute Gasteiger partial charge is 0.150 e. The van der Waals surface area contributed by atoms with Crippen molar-refractivity contribution in [3.63, 3.8) is 0 Å². The van der Waals surface area contributed by atoms with E-state index in [1.165, 1.54) is 0 Å². The lowest BCUT2D eigenvalue weighted by molar-refractivity contribution is -0.0159. The second kappa shape index (κ2) is 6.89. The number of rotatable bonds is 5. The molecule has 0 aliphatic carbocycles. The van der Waals surface area contributed by atoms with Crippen molar-refractivity contribution in [2.45, 2.75) is 19.5 Å². The van der Waals surface area contributed by atoms with Gasteiger partial charge in [-0.05, 0) is 19.1 Å². The van der Waals surface area contributed by atoms with Gasteiger partial charge in [0.05, 0.1) is 31.8 Å². The molecule has 1 atom stereocenters. The van der Waals surface area contributed by atoms with Crippen molar-refractivity contribution in [3.05, 3.63) is 42.2 Å². The van der Waals surface area contributed by atoms with Crippen LogP contribution in [0.2, 0.25) is 0 Å². The molecule has 1 aliphatic rings. The molecular weight excluding hydrogens is 280 g/mol. The highest BCUT2D eigenvalue weighted by Crippen LogP contribution is 2.24. The second-order valence-corrected chi connectivity index (χ2v) is 5.48. The fraction of sp³-hybridized carbons (Fsp3) is 0.500. The maximum atomic E-state index is 5.65. The van der Waals surface area contributed by atoms with E-state index >= 15 is 0 Å². The third kappa shape index (κ3) is 3.28. The Morgan fingerprint density at radius 2 is 2.32 bits per heavy atom. The lowest BCUT2D eigenvalue weighted by Crippen LogP contribution is -2.40. The highest BCUT2D eigenvalue weighted by atomic mass is 16.5. The molecule has 0 aromatic carbocycles. The Morgan fingerprint density at radius 1 is 1.41 bits per heavy atom. The number of hydrogen-bond acceptors (Lipinski definition) is 6. The van der Waals surface area contributed by atoms with E-state index in [1.54, 1.807) is 12.5 Å². The van der Waals surface area contributed by atoms with Crippen LogP contribution in [0.1, 0.15) is 24.4 Å². The third-order valence-corrected chi connectivity index (χ3v) is 4.03. The Balaban J connectivity index is 1.81. The van der Waals surface area contributed by atoms with Crippen LogP contribution in [0.15, 0.2) is 35.3 Å². The molecule has 22 heavy (non-hydrogen) atoms. The lowest BCUT2D eigenvalue weighted by atomic mass is 10.2. The molecule has 3 heterocycles. The largest absolute Gasteiger partial charge is 0.472 e. The van der Waals surface area contributed by atoms with Crippen LogP contribution in [0.4, 0.5) is 5.82 Å². The summed E-state index contributed by atoms with van der Waals surface area (Å²) in [5.74, 6) is 1.77. The summed E-state index contributed by atoms with van der Waals surface area (Å²) in [7, 11) is 2.03. The molecule has 1 unspecified atom stereocenters. The van der Waals surface area contributed by atoms with Gasteiger partial charge in [0.15, 0.2) is 0 Å². The van der Waals surface area contributed by atoms with E-state index < -0.39 is 0 Å². The van der Waals surface area contributed by atoms with Crippen molar-refractivity contribution in [2.75, 3.05) is 38.3 Å². The average molecular weight is 302 g/mol. The SMILES string of the molecule is CCN(C)c1ccnc(C2COCCN2Cc2ccoc2)n1. The quantitative estimate of drug-likeness (QED) is 0.843. The van der Waals surface area contributed by atoms with E-state index in [9.17, 15) is 0 Å². The summed E-state index contributed by atoms with van der Waals surface area (Å²) in [6.07, 6.45) is 5.32. The molecule has 0 spiro atoms. The molecule has 1 aliphatic heterocycles. The van der Waals surface area contributed by atoms with Crippen LogP contribution in [-0.4, -0.2) is 48.2 Å². The van der Waals surface area contributed by atoms with Crippen LogP contribution >= 0.6 is 0 Å². The van der Waals surface area contributed by atoms with E-state index in [0.29, 0.717) is 6.61 Å². The minimum Gasteiger partial charge on any atom is -0.472 e. The summed E-state index contributed by atoms with van der Waals surface area (Å²) in [5, 5.41) is 0. The monoisotopic (exact) mass is 302 g/mol. The number of aromatic nitrogens is 2. The fourth-order valence-corrected chi connectivity index (χ4v) is 2.58. The molecule has 0 amide bonds. The van der Waals surface area contributed by atoms with Crippen LogP contribution in [-0.2, 0) is 11.3 Å². The van der Waals surface area contributed by atoms with Crippen LogP contribution in [0, 0.1) is 0 Å². The molecule has 2 aromatic rings. The van der Waals surface area contributed by atoms with Gasteiger partial charge in [0, 0.05) is 38.4 Å². The molecule has 6 heteroatoms. The molecule has 1 saturated heterocycles. The van der Waals surface area contributed by atoms with Gasteiger partial charge in [-0.25, -0.2) is 9.97 Å². The predicted octanol–water partition coefficient (Wildman–Crippen LogP) is 2.10. The highest BCUT2D eigenvalue weighted by molar-refractivity contribution is 5.36. The molecular formula is C16H22N4O2. The molecule has 2 aromatic heterocycles. The maximum Gasteiger partial charge on any atom is 0.150 e.